The summed E-state index contributed by atoms with van der Waals surface area (Å²) >= 11 is 6.64. The van der Waals surface area contributed by atoms with Crippen molar-refractivity contribution in [2.24, 2.45) is 23.2 Å². The second-order valence-corrected chi connectivity index (χ2v) is 16.9. The summed E-state index contributed by atoms with van der Waals surface area (Å²) in [5.74, 6) is -0.577. The molecule has 0 saturated heterocycles. The van der Waals surface area contributed by atoms with Crippen LogP contribution < -0.4 is 20.1 Å². The van der Waals surface area contributed by atoms with E-state index in [1.165, 1.54) is 39.2 Å². The first-order chi connectivity index (χ1) is 23.4. The Morgan fingerprint density at radius 1 is 0.837 bits per heavy atom. The third-order valence-corrected chi connectivity index (χ3v) is 13.1. The molecule has 49 heavy (non-hydrogen) atoms. The SMILES string of the molecule is COc1cc(Cl)c(OC2CCC(C)(C(=O)O)CC2)cc1C(=O)NC1C2CCCCCCCCCCCC(CC2)C1C(=O)NC12CC(F)(C1)C2. The molecule has 4 atom stereocenters. The van der Waals surface area contributed by atoms with Crippen LogP contribution in [-0.2, 0) is 9.59 Å². The molecule has 6 aliphatic carbocycles. The van der Waals surface area contributed by atoms with E-state index in [1.54, 1.807) is 19.1 Å². The fourth-order valence-corrected chi connectivity index (χ4v) is 9.94. The number of benzene rings is 1. The molecule has 2 amide bonds. The summed E-state index contributed by atoms with van der Waals surface area (Å²) in [6.45, 7) is 1.77. The van der Waals surface area contributed by atoms with Gasteiger partial charge >= 0.3 is 5.97 Å². The van der Waals surface area contributed by atoms with Crippen molar-refractivity contribution >= 4 is 29.4 Å². The molecule has 0 radical (unpaired) electrons. The van der Waals surface area contributed by atoms with Gasteiger partial charge in [-0.05, 0) is 76.2 Å². The number of amides is 2. The van der Waals surface area contributed by atoms with Crippen molar-refractivity contribution in [1.29, 1.82) is 0 Å². The van der Waals surface area contributed by atoms with Gasteiger partial charge in [0.2, 0.25) is 5.91 Å². The highest BCUT2D eigenvalue weighted by Crippen LogP contribution is 2.63. The first kappa shape index (κ1) is 36.2. The molecule has 10 heteroatoms. The van der Waals surface area contributed by atoms with Crippen molar-refractivity contribution in [1.82, 2.24) is 10.6 Å². The number of alkyl halides is 1. The molecule has 0 aromatic heterocycles. The number of halogens is 2. The third kappa shape index (κ3) is 8.02. The fourth-order valence-electron chi connectivity index (χ4n) is 9.74. The Kier molecular flexibility index (Phi) is 11.1. The number of carboxylic acids is 1. The van der Waals surface area contributed by atoms with Crippen molar-refractivity contribution < 1.29 is 33.4 Å². The Bertz CT molecular complexity index is 1360. The Morgan fingerprint density at radius 3 is 1.98 bits per heavy atom. The molecule has 3 N–H and O–H groups in total. The minimum Gasteiger partial charge on any atom is -0.496 e. The van der Waals surface area contributed by atoms with E-state index in [0.29, 0.717) is 61.5 Å². The number of rotatable bonds is 8. The van der Waals surface area contributed by atoms with E-state index in [2.05, 4.69) is 10.6 Å². The first-order valence-corrected chi connectivity index (χ1v) is 19.4. The first-order valence-electron chi connectivity index (χ1n) is 19.0. The molecule has 8 nitrogen and oxygen atoms in total. The van der Waals surface area contributed by atoms with Crippen LogP contribution in [0.15, 0.2) is 12.1 Å². The van der Waals surface area contributed by atoms with Gasteiger partial charge in [0.05, 0.1) is 35.1 Å². The number of aliphatic carboxylic acids is 1. The molecule has 0 heterocycles. The molecule has 6 aliphatic rings. The lowest BCUT2D eigenvalue weighted by Crippen LogP contribution is -2.77. The Morgan fingerprint density at radius 2 is 1.41 bits per heavy atom. The van der Waals surface area contributed by atoms with Gasteiger partial charge < -0.3 is 25.2 Å². The number of carbonyl (C=O) groups is 3. The largest absolute Gasteiger partial charge is 0.496 e. The van der Waals surface area contributed by atoms with Crippen LogP contribution in [0.5, 0.6) is 11.5 Å². The third-order valence-electron chi connectivity index (χ3n) is 12.8. The molecular formula is C39H56ClFN2O6. The molecule has 4 unspecified atom stereocenters. The van der Waals surface area contributed by atoms with Crippen LogP contribution in [0.4, 0.5) is 4.39 Å². The monoisotopic (exact) mass is 702 g/mol. The highest BCUT2D eigenvalue weighted by Gasteiger charge is 2.70. The van der Waals surface area contributed by atoms with Crippen molar-refractivity contribution in [2.45, 2.75) is 159 Å². The van der Waals surface area contributed by atoms with Crippen LogP contribution in [0.2, 0.25) is 5.02 Å². The Hall–Kier alpha value is -2.55. The molecule has 0 spiro atoms. The van der Waals surface area contributed by atoms with Gasteiger partial charge in [-0.3, -0.25) is 14.4 Å². The molecular weight excluding hydrogens is 647 g/mol. The van der Waals surface area contributed by atoms with Gasteiger partial charge in [0.15, 0.2) is 0 Å². The Balaban J connectivity index is 1.24. The summed E-state index contributed by atoms with van der Waals surface area (Å²) < 4.78 is 26.4. The maximum atomic E-state index is 14.5. The zero-order valence-corrected chi connectivity index (χ0v) is 30.2. The van der Waals surface area contributed by atoms with Gasteiger partial charge in [-0.2, -0.15) is 0 Å². The average Bonchev–Trinajstić information content (AvgIpc) is 3.05. The number of ether oxygens (including phenoxy) is 2. The van der Waals surface area contributed by atoms with E-state index in [-0.39, 0.29) is 41.4 Å². The number of fused-ring (bicyclic) bond motifs is 3. The smallest absolute Gasteiger partial charge is 0.309 e. The summed E-state index contributed by atoms with van der Waals surface area (Å²) in [7, 11) is 1.50. The van der Waals surface area contributed by atoms with E-state index in [0.717, 1.165) is 51.4 Å². The van der Waals surface area contributed by atoms with Crippen LogP contribution in [0.1, 0.15) is 146 Å². The quantitative estimate of drug-likeness (QED) is 0.250. The fraction of sp³-hybridized carbons (Fsp3) is 0.769. The van der Waals surface area contributed by atoms with Crippen LogP contribution in [0.3, 0.4) is 0 Å². The predicted octanol–water partition coefficient (Wildman–Crippen LogP) is 8.57. The summed E-state index contributed by atoms with van der Waals surface area (Å²) in [4.78, 5) is 40.4. The van der Waals surface area contributed by atoms with Gasteiger partial charge in [0, 0.05) is 36.9 Å². The lowest BCUT2D eigenvalue weighted by Gasteiger charge is -2.66. The van der Waals surface area contributed by atoms with Gasteiger partial charge in [-0.25, -0.2) is 4.39 Å². The molecule has 4 bridgehead atoms. The standard InChI is InChI=1S/C39H56ClFN2O6/c1-37(36(46)47)18-16-27(17-19-37)49-31-20-28(30(48-2)21-29(31)40)34(44)42-33-26-13-11-9-7-5-3-4-6-8-10-12-25(14-15-26)32(33)35(45)43-39-22-38(41,23-39)24-39/h20-21,25-27,32-33H,3-19,22-24H2,1-2H3,(H,42,44)(H,43,45)(H,46,47). The van der Waals surface area contributed by atoms with Crippen LogP contribution in [0.25, 0.3) is 0 Å². The van der Waals surface area contributed by atoms with Gasteiger partial charge in [0.1, 0.15) is 17.2 Å². The summed E-state index contributed by atoms with van der Waals surface area (Å²) in [6.07, 6.45) is 17.6. The average molecular weight is 703 g/mol. The van der Waals surface area contributed by atoms with E-state index in [1.807, 2.05) is 0 Å². The normalized spacial score (nSPS) is 36.5. The second-order valence-electron chi connectivity index (χ2n) is 16.5. The predicted molar refractivity (Wildman–Crippen MR) is 187 cm³/mol. The van der Waals surface area contributed by atoms with Gasteiger partial charge in [-0.15, -0.1) is 0 Å². The number of methoxy groups -OCH3 is 1. The van der Waals surface area contributed by atoms with Crippen LogP contribution >= 0.6 is 11.6 Å². The maximum Gasteiger partial charge on any atom is 0.309 e. The number of carbonyl (C=O) groups excluding carboxylic acids is 2. The van der Waals surface area contributed by atoms with E-state index >= 15 is 0 Å². The van der Waals surface area contributed by atoms with E-state index in [9.17, 15) is 23.9 Å². The topological polar surface area (TPSA) is 114 Å². The second kappa shape index (κ2) is 15.0. The Labute approximate surface area is 296 Å². The van der Waals surface area contributed by atoms with E-state index in [4.69, 9.17) is 21.1 Å². The lowest BCUT2D eigenvalue weighted by atomic mass is 9.47. The number of hydrogen-bond acceptors (Lipinski definition) is 5. The molecule has 7 rings (SSSR count). The van der Waals surface area contributed by atoms with Crippen LogP contribution in [-0.4, -0.2) is 53.4 Å². The minimum atomic E-state index is -1.11. The number of nitrogens with one attached hydrogen (secondary N) is 2. The van der Waals surface area contributed by atoms with Crippen LogP contribution in [0, 0.1) is 23.2 Å². The lowest BCUT2D eigenvalue weighted by molar-refractivity contribution is -0.178. The van der Waals surface area contributed by atoms with E-state index < -0.39 is 28.5 Å². The highest BCUT2D eigenvalue weighted by atomic mass is 35.5. The van der Waals surface area contributed by atoms with Crippen molar-refractivity contribution in [3.8, 4) is 11.5 Å². The highest BCUT2D eigenvalue weighted by molar-refractivity contribution is 6.32. The molecule has 1 aromatic rings. The molecule has 0 aliphatic heterocycles. The summed E-state index contributed by atoms with van der Waals surface area (Å²) in [5, 5.41) is 16.6. The zero-order valence-electron chi connectivity index (χ0n) is 29.4. The van der Waals surface area contributed by atoms with Gasteiger partial charge in [-0.1, -0.05) is 69.4 Å². The molecule has 6 saturated carbocycles. The van der Waals surface area contributed by atoms with Crippen molar-refractivity contribution in [3.05, 3.63) is 22.7 Å². The zero-order chi connectivity index (χ0) is 34.8. The van der Waals surface area contributed by atoms with Crippen molar-refractivity contribution in [2.75, 3.05) is 7.11 Å². The number of hydrogen-bond donors (Lipinski definition) is 3. The van der Waals surface area contributed by atoms with Crippen molar-refractivity contribution in [3.63, 3.8) is 0 Å². The maximum absolute atomic E-state index is 14.5. The molecule has 1 aromatic carbocycles. The number of carboxylic acid groups (broad SMARTS) is 1. The molecule has 6 fully saturated rings. The molecule has 272 valence electrons. The summed E-state index contributed by atoms with van der Waals surface area (Å²) in [5.41, 5.74) is -2.02. The summed E-state index contributed by atoms with van der Waals surface area (Å²) in [6, 6.07) is 2.86. The van der Waals surface area contributed by atoms with Gasteiger partial charge in [0.25, 0.3) is 5.91 Å². The minimum absolute atomic E-state index is 0.0381.